The van der Waals surface area contributed by atoms with Crippen molar-refractivity contribution in [3.05, 3.63) is 40.9 Å². The number of benzene rings is 1. The third-order valence-corrected chi connectivity index (χ3v) is 1.91. The first-order valence-electron chi connectivity index (χ1n) is 4.00. The van der Waals surface area contributed by atoms with E-state index in [0.29, 0.717) is 12.2 Å². The summed E-state index contributed by atoms with van der Waals surface area (Å²) in [6, 6.07) is 6.75. The smallest absolute Gasteiger partial charge is 0.337 e. The van der Waals surface area contributed by atoms with E-state index in [1.165, 1.54) is 0 Å². The van der Waals surface area contributed by atoms with Crippen LogP contribution in [0.4, 0.5) is 5.69 Å². The summed E-state index contributed by atoms with van der Waals surface area (Å²) in [5, 5.41) is 11.8. The molecule has 0 aliphatic carbocycles. The number of aromatic carboxylic acids is 1. The molecule has 1 aromatic rings. The number of carboxylic acid groups (broad SMARTS) is 1. The molecule has 0 fully saturated rings. The second-order valence-electron chi connectivity index (χ2n) is 2.72. The molecule has 0 aliphatic rings. The van der Waals surface area contributed by atoms with Gasteiger partial charge in [0.15, 0.2) is 0 Å². The van der Waals surface area contributed by atoms with Crippen LogP contribution in [0.5, 0.6) is 0 Å². The molecule has 0 unspecified atom stereocenters. The van der Waals surface area contributed by atoms with Crippen molar-refractivity contribution in [1.29, 1.82) is 0 Å². The van der Waals surface area contributed by atoms with Gasteiger partial charge in [-0.25, -0.2) is 4.79 Å². The fourth-order valence-electron chi connectivity index (χ4n) is 1.01. The summed E-state index contributed by atoms with van der Waals surface area (Å²) in [5.74, 6) is -0.937. The third-order valence-electron chi connectivity index (χ3n) is 1.63. The fraction of sp³-hybridized carbons (Fsp3) is 0.100. The van der Waals surface area contributed by atoms with E-state index in [1.807, 2.05) is 0 Å². The van der Waals surface area contributed by atoms with Crippen LogP contribution in [-0.4, -0.2) is 17.6 Å². The lowest BCUT2D eigenvalue weighted by molar-refractivity contribution is 0.0698. The monoisotopic (exact) mass is 255 g/mol. The third kappa shape index (κ3) is 2.88. The minimum absolute atomic E-state index is 0.265. The first-order chi connectivity index (χ1) is 6.61. The number of anilines is 1. The number of carbonyl (C=O) groups is 1. The molecule has 74 valence electrons. The second-order valence-corrected chi connectivity index (χ2v) is 3.84. The highest BCUT2D eigenvalue weighted by molar-refractivity contribution is 9.11. The molecular weight excluding hydrogens is 246 g/mol. The van der Waals surface area contributed by atoms with Gasteiger partial charge in [-0.15, -0.1) is 0 Å². The van der Waals surface area contributed by atoms with Gasteiger partial charge in [0.05, 0.1) is 5.56 Å². The molecule has 0 saturated carbocycles. The Hall–Kier alpha value is -1.29. The zero-order chi connectivity index (χ0) is 10.6. The molecule has 4 heteroatoms. The predicted molar refractivity (Wildman–Crippen MR) is 60.0 cm³/mol. The van der Waals surface area contributed by atoms with E-state index in [0.717, 1.165) is 4.48 Å². The molecule has 0 aromatic heterocycles. The van der Waals surface area contributed by atoms with Gasteiger partial charge in [0.25, 0.3) is 0 Å². The lowest BCUT2D eigenvalue weighted by atomic mass is 10.2. The highest BCUT2D eigenvalue weighted by atomic mass is 79.9. The van der Waals surface area contributed by atoms with E-state index < -0.39 is 5.97 Å². The zero-order valence-electron chi connectivity index (χ0n) is 7.46. The zero-order valence-corrected chi connectivity index (χ0v) is 9.04. The normalized spacial score (nSPS) is 9.50. The van der Waals surface area contributed by atoms with Crippen LogP contribution in [0, 0.1) is 0 Å². The molecule has 0 amide bonds. The van der Waals surface area contributed by atoms with Gasteiger partial charge in [-0.2, -0.15) is 0 Å². The largest absolute Gasteiger partial charge is 0.478 e. The molecule has 0 aliphatic heterocycles. The van der Waals surface area contributed by atoms with Crippen molar-refractivity contribution in [2.24, 2.45) is 0 Å². The number of halogens is 1. The van der Waals surface area contributed by atoms with E-state index in [4.69, 9.17) is 5.11 Å². The number of nitrogens with one attached hydrogen (secondary N) is 1. The summed E-state index contributed by atoms with van der Waals surface area (Å²) >= 11 is 3.19. The quantitative estimate of drug-likeness (QED) is 0.870. The standard InChI is InChI=1S/C10H10BrNO2/c1-7(11)6-12-9-5-3-2-4-8(9)10(13)14/h2-5,12H,1,6H2,(H,13,14). The van der Waals surface area contributed by atoms with Crippen LogP contribution < -0.4 is 5.32 Å². The van der Waals surface area contributed by atoms with Crippen molar-refractivity contribution in [3.8, 4) is 0 Å². The van der Waals surface area contributed by atoms with Gasteiger partial charge in [0.1, 0.15) is 0 Å². The van der Waals surface area contributed by atoms with Crippen LogP contribution in [-0.2, 0) is 0 Å². The average molecular weight is 256 g/mol. The Labute approximate surface area is 90.6 Å². The number of hydrogen-bond acceptors (Lipinski definition) is 2. The van der Waals surface area contributed by atoms with E-state index in [9.17, 15) is 4.79 Å². The van der Waals surface area contributed by atoms with E-state index in [2.05, 4.69) is 27.8 Å². The van der Waals surface area contributed by atoms with Gasteiger partial charge in [-0.3, -0.25) is 0 Å². The van der Waals surface area contributed by atoms with E-state index in [-0.39, 0.29) is 5.56 Å². The summed E-state index contributed by atoms with van der Waals surface area (Å²) in [7, 11) is 0. The topological polar surface area (TPSA) is 49.3 Å². The van der Waals surface area contributed by atoms with Gasteiger partial charge in [-0.1, -0.05) is 34.6 Å². The molecule has 0 saturated heterocycles. The summed E-state index contributed by atoms with van der Waals surface area (Å²) in [5.41, 5.74) is 0.863. The van der Waals surface area contributed by atoms with Gasteiger partial charge in [0.2, 0.25) is 0 Å². The Bertz CT molecular complexity index is 363. The summed E-state index contributed by atoms with van der Waals surface area (Å²) in [6.07, 6.45) is 0. The number of carboxylic acids is 1. The lowest BCUT2D eigenvalue weighted by Crippen LogP contribution is -2.06. The van der Waals surface area contributed by atoms with Gasteiger partial charge in [0, 0.05) is 16.7 Å². The maximum absolute atomic E-state index is 10.8. The molecule has 1 rings (SSSR count). The SMILES string of the molecule is C=C(Br)CNc1ccccc1C(=O)O. The lowest BCUT2D eigenvalue weighted by Gasteiger charge is -2.07. The first kappa shape index (κ1) is 10.8. The van der Waals surface area contributed by atoms with Crippen LogP contribution in [0.2, 0.25) is 0 Å². The van der Waals surface area contributed by atoms with Crippen molar-refractivity contribution in [1.82, 2.24) is 0 Å². The molecule has 3 nitrogen and oxygen atoms in total. The van der Waals surface area contributed by atoms with E-state index >= 15 is 0 Å². The minimum Gasteiger partial charge on any atom is -0.478 e. The van der Waals surface area contributed by atoms with Crippen LogP contribution in [0.15, 0.2) is 35.3 Å². The summed E-state index contributed by atoms with van der Waals surface area (Å²) < 4.78 is 0.776. The van der Waals surface area contributed by atoms with E-state index in [1.54, 1.807) is 24.3 Å². The van der Waals surface area contributed by atoms with Crippen molar-refractivity contribution in [2.45, 2.75) is 0 Å². The van der Waals surface area contributed by atoms with Crippen molar-refractivity contribution >= 4 is 27.6 Å². The van der Waals surface area contributed by atoms with Crippen LogP contribution in [0.25, 0.3) is 0 Å². The number of rotatable bonds is 4. The maximum atomic E-state index is 10.8. The average Bonchev–Trinajstić information content (AvgIpc) is 2.15. The van der Waals surface area contributed by atoms with Gasteiger partial charge >= 0.3 is 5.97 Å². The fourth-order valence-corrected chi connectivity index (χ4v) is 1.16. The van der Waals surface area contributed by atoms with Crippen LogP contribution >= 0.6 is 15.9 Å². The first-order valence-corrected chi connectivity index (χ1v) is 4.80. The summed E-state index contributed by atoms with van der Waals surface area (Å²) in [4.78, 5) is 10.8. The minimum atomic E-state index is -0.937. The molecule has 0 heterocycles. The molecule has 0 bridgehead atoms. The Kier molecular flexibility index (Phi) is 3.71. The molecule has 0 spiro atoms. The van der Waals surface area contributed by atoms with Crippen molar-refractivity contribution < 1.29 is 9.90 Å². The molecular formula is C10H10BrNO2. The summed E-state index contributed by atoms with van der Waals surface area (Å²) in [6.45, 7) is 4.16. The van der Waals surface area contributed by atoms with Gasteiger partial charge < -0.3 is 10.4 Å². The molecule has 2 N–H and O–H groups in total. The Morgan fingerprint density at radius 2 is 2.14 bits per heavy atom. The highest BCUT2D eigenvalue weighted by Gasteiger charge is 2.07. The number of hydrogen-bond donors (Lipinski definition) is 2. The number of para-hydroxylation sites is 1. The second kappa shape index (κ2) is 4.81. The predicted octanol–water partition coefficient (Wildman–Crippen LogP) is 2.71. The molecule has 0 atom stereocenters. The molecule has 1 aromatic carbocycles. The van der Waals surface area contributed by atoms with Gasteiger partial charge in [-0.05, 0) is 12.1 Å². The molecule has 0 radical (unpaired) electrons. The Morgan fingerprint density at radius 1 is 1.50 bits per heavy atom. The van der Waals surface area contributed by atoms with Crippen LogP contribution in [0.1, 0.15) is 10.4 Å². The Balaban J connectivity index is 2.84. The highest BCUT2D eigenvalue weighted by Crippen LogP contribution is 2.15. The van der Waals surface area contributed by atoms with Crippen molar-refractivity contribution in [3.63, 3.8) is 0 Å². The maximum Gasteiger partial charge on any atom is 0.337 e. The van der Waals surface area contributed by atoms with Crippen molar-refractivity contribution in [2.75, 3.05) is 11.9 Å². The Morgan fingerprint density at radius 3 is 2.71 bits per heavy atom. The van der Waals surface area contributed by atoms with Crippen LogP contribution in [0.3, 0.4) is 0 Å². The molecule has 14 heavy (non-hydrogen) atoms.